The quantitative estimate of drug-likeness (QED) is 0.385. The van der Waals surface area contributed by atoms with Gasteiger partial charge in [0.2, 0.25) is 5.91 Å². The Balaban J connectivity index is 0.945. The molecule has 3 saturated heterocycles. The van der Waals surface area contributed by atoms with Gasteiger partial charge in [-0.2, -0.15) is 0 Å². The van der Waals surface area contributed by atoms with Crippen molar-refractivity contribution in [3.63, 3.8) is 0 Å². The predicted molar refractivity (Wildman–Crippen MR) is 168 cm³/mol. The van der Waals surface area contributed by atoms with Crippen molar-refractivity contribution in [2.45, 2.75) is 44.6 Å². The van der Waals surface area contributed by atoms with E-state index in [1.54, 1.807) is 0 Å². The van der Waals surface area contributed by atoms with Crippen LogP contribution in [0.2, 0.25) is 0 Å². The summed E-state index contributed by atoms with van der Waals surface area (Å²) in [6, 6.07) is 17.9. The van der Waals surface area contributed by atoms with Gasteiger partial charge in [-0.05, 0) is 76.3 Å². The SMILES string of the molecule is NC(=O)C1CCN(CCCN2CCN(CCCN3CCC(OC(=O)Nc4ccccc4-c4ccccc4)CC3)C2=O)CC1. The first-order valence-electron chi connectivity index (χ1n) is 15.9. The number of nitrogens with one attached hydrogen (secondary N) is 1. The van der Waals surface area contributed by atoms with Crippen LogP contribution in [0.1, 0.15) is 38.5 Å². The van der Waals surface area contributed by atoms with Crippen LogP contribution in [0, 0.1) is 5.92 Å². The summed E-state index contributed by atoms with van der Waals surface area (Å²) in [6.07, 6.45) is 4.70. The Hall–Kier alpha value is -3.63. The summed E-state index contributed by atoms with van der Waals surface area (Å²) in [4.78, 5) is 45.7. The monoisotopic (exact) mass is 590 g/mol. The maximum atomic E-state index is 12.9. The predicted octanol–water partition coefficient (Wildman–Crippen LogP) is 4.08. The highest BCUT2D eigenvalue weighted by Gasteiger charge is 2.29. The molecule has 43 heavy (non-hydrogen) atoms. The van der Waals surface area contributed by atoms with Crippen LogP contribution in [0.15, 0.2) is 54.6 Å². The molecule has 0 aliphatic carbocycles. The second-order valence-electron chi connectivity index (χ2n) is 12.0. The number of primary amides is 1. The minimum absolute atomic E-state index is 0.0188. The molecule has 3 aliphatic rings. The highest BCUT2D eigenvalue weighted by molar-refractivity contribution is 5.91. The van der Waals surface area contributed by atoms with E-state index in [-0.39, 0.29) is 24.0 Å². The number of anilines is 1. The number of nitrogens with zero attached hydrogens (tertiary/aromatic N) is 4. The minimum Gasteiger partial charge on any atom is -0.446 e. The van der Waals surface area contributed by atoms with Gasteiger partial charge < -0.3 is 30.1 Å². The van der Waals surface area contributed by atoms with Gasteiger partial charge in [-0.15, -0.1) is 0 Å². The van der Waals surface area contributed by atoms with E-state index in [0.29, 0.717) is 0 Å². The molecule has 0 radical (unpaired) electrons. The summed E-state index contributed by atoms with van der Waals surface area (Å²) >= 11 is 0. The van der Waals surface area contributed by atoms with Gasteiger partial charge >= 0.3 is 12.1 Å². The number of hydrogen-bond acceptors (Lipinski definition) is 6. The highest BCUT2D eigenvalue weighted by Crippen LogP contribution is 2.28. The Morgan fingerprint density at radius 1 is 0.744 bits per heavy atom. The number of likely N-dealkylation sites (tertiary alicyclic amines) is 2. The topological polar surface area (TPSA) is 111 Å². The van der Waals surface area contributed by atoms with E-state index in [4.69, 9.17) is 10.5 Å². The first kappa shape index (κ1) is 30.8. The Bertz CT molecular complexity index is 1210. The van der Waals surface area contributed by atoms with E-state index in [9.17, 15) is 14.4 Å². The van der Waals surface area contributed by atoms with E-state index in [2.05, 4.69) is 15.1 Å². The van der Waals surface area contributed by atoms with Crippen molar-refractivity contribution in [1.82, 2.24) is 19.6 Å². The van der Waals surface area contributed by atoms with Gasteiger partial charge in [0.15, 0.2) is 0 Å². The molecule has 3 fully saturated rings. The molecule has 5 rings (SSSR count). The number of amides is 4. The fraction of sp³-hybridized carbons (Fsp3) is 0.545. The van der Waals surface area contributed by atoms with Gasteiger partial charge in [-0.3, -0.25) is 10.1 Å². The molecule has 0 aromatic heterocycles. The second-order valence-corrected chi connectivity index (χ2v) is 12.0. The lowest BCUT2D eigenvalue weighted by Crippen LogP contribution is -2.40. The van der Waals surface area contributed by atoms with Gasteiger partial charge in [0, 0.05) is 50.7 Å². The van der Waals surface area contributed by atoms with Crippen LogP contribution < -0.4 is 11.1 Å². The molecule has 0 atom stereocenters. The van der Waals surface area contributed by atoms with Crippen LogP contribution in [0.3, 0.4) is 0 Å². The fourth-order valence-corrected chi connectivity index (χ4v) is 6.46. The smallest absolute Gasteiger partial charge is 0.411 e. The number of carbonyl (C=O) groups is 3. The van der Waals surface area contributed by atoms with E-state index in [0.717, 1.165) is 121 Å². The van der Waals surface area contributed by atoms with E-state index in [1.165, 1.54) is 0 Å². The highest BCUT2D eigenvalue weighted by atomic mass is 16.6. The number of rotatable bonds is 12. The summed E-state index contributed by atoms with van der Waals surface area (Å²) < 4.78 is 5.77. The van der Waals surface area contributed by atoms with Gasteiger partial charge in [-0.25, -0.2) is 9.59 Å². The third-order valence-electron chi connectivity index (χ3n) is 9.03. The number of urea groups is 1. The number of para-hydroxylation sites is 1. The number of piperidine rings is 2. The number of ether oxygens (including phenoxy) is 1. The second kappa shape index (κ2) is 15.2. The van der Waals surface area contributed by atoms with E-state index < -0.39 is 6.09 Å². The van der Waals surface area contributed by atoms with Crippen LogP contribution >= 0.6 is 0 Å². The molecule has 0 bridgehead atoms. The zero-order valence-corrected chi connectivity index (χ0v) is 25.2. The molecule has 3 aliphatic heterocycles. The third-order valence-corrected chi connectivity index (χ3v) is 9.03. The lowest BCUT2D eigenvalue weighted by molar-refractivity contribution is -0.123. The summed E-state index contributed by atoms with van der Waals surface area (Å²) in [5, 5.41) is 2.94. The van der Waals surface area contributed by atoms with Crippen LogP contribution in [-0.4, -0.2) is 109 Å². The first-order valence-corrected chi connectivity index (χ1v) is 15.9. The van der Waals surface area contributed by atoms with Crippen molar-refractivity contribution in [3.05, 3.63) is 54.6 Å². The maximum absolute atomic E-state index is 12.9. The number of hydrogen-bond donors (Lipinski definition) is 2. The molecular formula is C33H46N6O4. The van der Waals surface area contributed by atoms with Crippen molar-refractivity contribution >= 4 is 23.7 Å². The molecule has 2 aromatic carbocycles. The van der Waals surface area contributed by atoms with Gasteiger partial charge in [-0.1, -0.05) is 48.5 Å². The Labute approximate surface area is 255 Å². The van der Waals surface area contributed by atoms with Crippen molar-refractivity contribution in [2.75, 3.05) is 70.8 Å². The molecular weight excluding hydrogens is 544 g/mol. The summed E-state index contributed by atoms with van der Waals surface area (Å²) in [5.41, 5.74) is 8.19. The number of nitrogens with two attached hydrogens (primary N) is 1. The standard InChI is InChI=1S/C33H46N6O4/c34-31(40)27-12-20-36(21-13-27)16-6-18-38-24-25-39(33(38)42)19-7-17-37-22-14-28(15-23-37)43-32(41)35-30-11-5-4-10-29(30)26-8-2-1-3-9-26/h1-5,8-11,27-28H,6-7,12-25H2,(H2,34,40)(H,35,41). The maximum Gasteiger partial charge on any atom is 0.411 e. The molecule has 10 heteroatoms. The Morgan fingerprint density at radius 2 is 1.30 bits per heavy atom. The van der Waals surface area contributed by atoms with Gasteiger partial charge in [0.1, 0.15) is 6.10 Å². The average Bonchev–Trinajstić information content (AvgIpc) is 3.37. The summed E-state index contributed by atoms with van der Waals surface area (Å²) in [7, 11) is 0. The van der Waals surface area contributed by atoms with Crippen LogP contribution in [-0.2, 0) is 9.53 Å². The molecule has 2 aromatic rings. The normalized spacial score (nSPS) is 19.1. The average molecular weight is 591 g/mol. The van der Waals surface area contributed by atoms with Gasteiger partial charge in [0.25, 0.3) is 0 Å². The largest absolute Gasteiger partial charge is 0.446 e. The lowest BCUT2D eigenvalue weighted by Gasteiger charge is -2.32. The zero-order chi connectivity index (χ0) is 30.0. The molecule has 0 saturated carbocycles. The summed E-state index contributed by atoms with van der Waals surface area (Å²) in [5.74, 6) is -0.160. The minimum atomic E-state index is -0.411. The van der Waals surface area contributed by atoms with Crippen molar-refractivity contribution in [1.29, 1.82) is 0 Å². The zero-order valence-electron chi connectivity index (χ0n) is 25.2. The number of carbonyl (C=O) groups excluding carboxylic acids is 3. The summed E-state index contributed by atoms with van der Waals surface area (Å²) in [6.45, 7) is 8.63. The van der Waals surface area contributed by atoms with Crippen molar-refractivity contribution in [3.8, 4) is 11.1 Å². The fourth-order valence-electron chi connectivity index (χ4n) is 6.46. The molecule has 3 heterocycles. The van der Waals surface area contributed by atoms with Crippen molar-refractivity contribution in [2.24, 2.45) is 11.7 Å². The number of benzene rings is 2. The molecule has 4 amide bonds. The van der Waals surface area contributed by atoms with Crippen LogP contribution in [0.4, 0.5) is 15.3 Å². The Morgan fingerprint density at radius 3 is 1.91 bits per heavy atom. The molecule has 0 unspecified atom stereocenters. The van der Waals surface area contributed by atoms with E-state index in [1.807, 2.05) is 64.4 Å². The van der Waals surface area contributed by atoms with Gasteiger partial charge in [0.05, 0.1) is 5.69 Å². The third kappa shape index (κ3) is 8.70. The van der Waals surface area contributed by atoms with Crippen molar-refractivity contribution < 1.29 is 19.1 Å². The van der Waals surface area contributed by atoms with E-state index >= 15 is 0 Å². The molecule has 0 spiro atoms. The first-order chi connectivity index (χ1) is 21.0. The Kier molecular flexibility index (Phi) is 10.9. The lowest BCUT2D eigenvalue weighted by atomic mass is 9.96. The molecule has 3 N–H and O–H groups in total. The molecule has 232 valence electrons. The van der Waals surface area contributed by atoms with Crippen LogP contribution in [0.5, 0.6) is 0 Å². The van der Waals surface area contributed by atoms with Crippen LogP contribution in [0.25, 0.3) is 11.1 Å². The molecule has 10 nitrogen and oxygen atoms in total.